The van der Waals surface area contributed by atoms with Crippen LogP contribution in [0.25, 0.3) is 0 Å². The van der Waals surface area contributed by atoms with Crippen LogP contribution in [0.4, 0.5) is 0 Å². The predicted molar refractivity (Wildman–Crippen MR) is 87.8 cm³/mol. The van der Waals surface area contributed by atoms with Crippen molar-refractivity contribution in [3.63, 3.8) is 0 Å². The number of aliphatic hydroxyl groups excluding tert-OH is 1. The van der Waals surface area contributed by atoms with Gasteiger partial charge in [0.05, 0.1) is 14.2 Å². The number of ether oxygens (including phenoxy) is 2. The maximum Gasteiger partial charge on any atom is 0.228 e. The Labute approximate surface area is 138 Å². The molecule has 0 unspecified atom stereocenters. The fraction of sp³-hybridized carbons (Fsp3) is 0.667. The lowest BCUT2D eigenvalue weighted by Gasteiger charge is -2.20. The first kappa shape index (κ1) is 19.4. The van der Waals surface area contributed by atoms with Gasteiger partial charge in [0.25, 0.3) is 0 Å². The van der Waals surface area contributed by atoms with Crippen LogP contribution in [0.1, 0.15) is 58.3 Å². The Morgan fingerprint density at radius 1 is 0.783 bits per heavy atom. The van der Waals surface area contributed by atoms with Crippen molar-refractivity contribution in [2.75, 3.05) is 20.8 Å². The molecule has 5 heteroatoms. The van der Waals surface area contributed by atoms with Gasteiger partial charge in [0.15, 0.2) is 0 Å². The van der Waals surface area contributed by atoms with Crippen LogP contribution in [0, 0.1) is 0 Å². The standard InChI is InChI=1S/C18H28O5/c1-13-14(11-9-7-5-4-6-8-10-12-19)16(21)18(23-3)17(22-2)15(13)20/h19H,4-12H2,1-3H3. The molecule has 5 nitrogen and oxygen atoms in total. The van der Waals surface area contributed by atoms with Gasteiger partial charge < -0.3 is 14.6 Å². The largest absolute Gasteiger partial charge is 0.489 e. The van der Waals surface area contributed by atoms with Crippen molar-refractivity contribution in [1.29, 1.82) is 0 Å². The first-order chi connectivity index (χ1) is 11.1. The normalized spacial score (nSPS) is 15.5. The van der Waals surface area contributed by atoms with Gasteiger partial charge in [-0.25, -0.2) is 0 Å². The van der Waals surface area contributed by atoms with Crippen molar-refractivity contribution in [2.45, 2.75) is 58.3 Å². The average Bonchev–Trinajstić information content (AvgIpc) is 2.55. The molecule has 0 bridgehead atoms. The zero-order chi connectivity index (χ0) is 17.2. The minimum Gasteiger partial charge on any atom is -0.489 e. The number of unbranched alkanes of at least 4 members (excludes halogenated alkanes) is 6. The Morgan fingerprint density at radius 3 is 1.78 bits per heavy atom. The summed E-state index contributed by atoms with van der Waals surface area (Å²) in [4.78, 5) is 24.6. The number of ketones is 2. The molecule has 0 amide bonds. The van der Waals surface area contributed by atoms with Crippen LogP contribution in [0.3, 0.4) is 0 Å². The van der Waals surface area contributed by atoms with Crippen LogP contribution in [0.5, 0.6) is 0 Å². The number of allylic oxidation sites excluding steroid dienone is 2. The molecule has 1 N–H and O–H groups in total. The van der Waals surface area contributed by atoms with Gasteiger partial charge in [0, 0.05) is 17.8 Å². The van der Waals surface area contributed by atoms with Gasteiger partial charge in [-0.15, -0.1) is 0 Å². The first-order valence-electron chi connectivity index (χ1n) is 8.30. The summed E-state index contributed by atoms with van der Waals surface area (Å²) in [5, 5.41) is 8.71. The summed E-state index contributed by atoms with van der Waals surface area (Å²) >= 11 is 0. The summed E-state index contributed by atoms with van der Waals surface area (Å²) in [6, 6.07) is 0. The molecule has 0 aromatic heterocycles. The molecule has 0 aromatic rings. The van der Waals surface area contributed by atoms with Crippen molar-refractivity contribution in [2.24, 2.45) is 0 Å². The highest BCUT2D eigenvalue weighted by Gasteiger charge is 2.34. The number of Topliss-reactive ketones (excluding diaryl/α,β-unsaturated/α-hetero) is 2. The highest BCUT2D eigenvalue weighted by Crippen LogP contribution is 2.28. The Hall–Kier alpha value is -1.62. The lowest BCUT2D eigenvalue weighted by Crippen LogP contribution is -2.25. The third-order valence-electron chi connectivity index (χ3n) is 4.18. The number of carbonyl (C=O) groups excluding carboxylic acids is 2. The van der Waals surface area contributed by atoms with Crippen LogP contribution in [0.2, 0.25) is 0 Å². The highest BCUT2D eigenvalue weighted by atomic mass is 16.5. The van der Waals surface area contributed by atoms with Crippen LogP contribution in [-0.2, 0) is 19.1 Å². The van der Waals surface area contributed by atoms with Gasteiger partial charge in [-0.05, 0) is 26.2 Å². The zero-order valence-corrected chi connectivity index (χ0v) is 14.4. The van der Waals surface area contributed by atoms with Gasteiger partial charge in [0.1, 0.15) is 0 Å². The number of hydrogen-bond acceptors (Lipinski definition) is 5. The lowest BCUT2D eigenvalue weighted by atomic mass is 9.89. The van der Waals surface area contributed by atoms with Gasteiger partial charge in [-0.2, -0.15) is 0 Å². The Balaban J connectivity index is 2.49. The summed E-state index contributed by atoms with van der Waals surface area (Å²) in [6.07, 6.45) is 7.82. The molecule has 0 heterocycles. The summed E-state index contributed by atoms with van der Waals surface area (Å²) in [5.41, 5.74) is 1.02. The Bertz CT molecular complexity index is 488. The molecule has 0 saturated heterocycles. The van der Waals surface area contributed by atoms with Crippen molar-refractivity contribution < 1.29 is 24.2 Å². The van der Waals surface area contributed by atoms with Gasteiger partial charge in [-0.1, -0.05) is 32.1 Å². The Kier molecular flexibility index (Phi) is 8.62. The van der Waals surface area contributed by atoms with E-state index >= 15 is 0 Å². The van der Waals surface area contributed by atoms with Crippen molar-refractivity contribution in [3.8, 4) is 0 Å². The second-order valence-corrected chi connectivity index (χ2v) is 5.78. The highest BCUT2D eigenvalue weighted by molar-refractivity contribution is 6.23. The molecule has 1 rings (SSSR count). The molecule has 0 aromatic carbocycles. The maximum absolute atomic E-state index is 12.4. The summed E-state index contributed by atoms with van der Waals surface area (Å²) < 4.78 is 10.1. The van der Waals surface area contributed by atoms with Gasteiger partial charge in [-0.3, -0.25) is 9.59 Å². The predicted octanol–water partition coefficient (Wildman–Crippen LogP) is 3.07. The number of hydrogen-bond donors (Lipinski definition) is 1. The first-order valence-corrected chi connectivity index (χ1v) is 8.30. The fourth-order valence-corrected chi connectivity index (χ4v) is 2.79. The molecular weight excluding hydrogens is 296 g/mol. The van der Waals surface area contributed by atoms with Gasteiger partial charge >= 0.3 is 0 Å². The van der Waals surface area contributed by atoms with E-state index in [9.17, 15) is 9.59 Å². The topological polar surface area (TPSA) is 72.8 Å². The second kappa shape index (κ2) is 10.2. The SMILES string of the molecule is COC1=C(OC)C(=O)C(CCCCCCCCCO)=C(C)C1=O. The molecule has 1 aliphatic carbocycles. The van der Waals surface area contributed by atoms with E-state index in [1.54, 1.807) is 6.92 Å². The number of rotatable bonds is 11. The van der Waals surface area contributed by atoms with Crippen LogP contribution < -0.4 is 0 Å². The van der Waals surface area contributed by atoms with Crippen molar-refractivity contribution >= 4 is 11.6 Å². The molecule has 0 fully saturated rings. The Morgan fingerprint density at radius 2 is 1.26 bits per heavy atom. The molecule has 0 spiro atoms. The molecule has 0 saturated carbocycles. The van der Waals surface area contributed by atoms with Crippen LogP contribution in [0.15, 0.2) is 22.7 Å². The molecule has 0 radical (unpaired) electrons. The second-order valence-electron chi connectivity index (χ2n) is 5.78. The number of aliphatic hydroxyl groups is 1. The zero-order valence-electron chi connectivity index (χ0n) is 14.4. The molecule has 130 valence electrons. The lowest BCUT2D eigenvalue weighted by molar-refractivity contribution is -0.121. The summed E-state index contributed by atoms with van der Waals surface area (Å²) in [5.74, 6) is -0.475. The van der Waals surface area contributed by atoms with Gasteiger partial charge in [0.2, 0.25) is 23.1 Å². The van der Waals surface area contributed by atoms with E-state index in [2.05, 4.69) is 0 Å². The minimum absolute atomic E-state index is 0.00244. The molecule has 1 aliphatic rings. The minimum atomic E-state index is -0.261. The van der Waals surface area contributed by atoms with E-state index in [4.69, 9.17) is 14.6 Å². The summed E-state index contributed by atoms with van der Waals surface area (Å²) in [6.45, 7) is 1.94. The van der Waals surface area contributed by atoms with E-state index in [1.807, 2.05) is 0 Å². The van der Waals surface area contributed by atoms with E-state index in [1.165, 1.54) is 14.2 Å². The van der Waals surface area contributed by atoms with Crippen molar-refractivity contribution in [3.05, 3.63) is 22.7 Å². The molecule has 23 heavy (non-hydrogen) atoms. The smallest absolute Gasteiger partial charge is 0.228 e. The average molecular weight is 324 g/mol. The maximum atomic E-state index is 12.4. The number of methoxy groups -OCH3 is 2. The fourth-order valence-electron chi connectivity index (χ4n) is 2.79. The monoisotopic (exact) mass is 324 g/mol. The van der Waals surface area contributed by atoms with E-state index in [-0.39, 0.29) is 29.7 Å². The number of carbonyl (C=O) groups is 2. The third kappa shape index (κ3) is 5.20. The molecule has 0 aliphatic heterocycles. The summed E-state index contributed by atoms with van der Waals surface area (Å²) in [7, 11) is 2.75. The third-order valence-corrected chi connectivity index (χ3v) is 4.18. The van der Waals surface area contributed by atoms with Crippen molar-refractivity contribution in [1.82, 2.24) is 0 Å². The molecule has 0 atom stereocenters. The van der Waals surface area contributed by atoms with Crippen LogP contribution >= 0.6 is 0 Å². The van der Waals surface area contributed by atoms with Crippen LogP contribution in [-0.4, -0.2) is 37.5 Å². The van der Waals surface area contributed by atoms with E-state index in [0.717, 1.165) is 44.9 Å². The van der Waals surface area contributed by atoms with E-state index < -0.39 is 0 Å². The van der Waals surface area contributed by atoms with E-state index in [0.29, 0.717) is 17.6 Å². The quantitative estimate of drug-likeness (QED) is 0.467. The molecular formula is C18H28O5.